The van der Waals surface area contributed by atoms with Gasteiger partial charge in [-0.2, -0.15) is 0 Å². The van der Waals surface area contributed by atoms with E-state index in [-0.39, 0.29) is 0 Å². The zero-order chi connectivity index (χ0) is 10.3. The minimum atomic E-state index is -4.76. The molecule has 0 bridgehead atoms. The fourth-order valence-electron chi connectivity index (χ4n) is 0.435. The molecule has 74 valence electrons. The molecule has 4 nitrogen and oxygen atoms in total. The van der Waals surface area contributed by atoms with Crippen LogP contribution in [0.3, 0.4) is 0 Å². The highest BCUT2D eigenvalue weighted by Gasteiger charge is 2.37. The molecule has 1 aromatic heterocycles. The molecule has 13 heavy (non-hydrogen) atoms. The van der Waals surface area contributed by atoms with Gasteiger partial charge in [0.25, 0.3) is 3.79 Å². The average molecular weight is 255 g/mol. The summed E-state index contributed by atoms with van der Waals surface area (Å²) in [5.74, 6) is -0.630. The highest BCUT2D eigenvalue weighted by molar-refractivity contribution is 6.66. The van der Waals surface area contributed by atoms with Crippen LogP contribution in [0.25, 0.3) is 0 Å². The van der Waals surface area contributed by atoms with Crippen molar-refractivity contribution in [1.29, 1.82) is 0 Å². The van der Waals surface area contributed by atoms with Gasteiger partial charge in [0.1, 0.15) is 0 Å². The fourth-order valence-corrected chi connectivity index (χ4v) is 0.662. The molecule has 0 aromatic carbocycles. The normalized spacial score (nSPS) is 13.4. The number of alkyl halides is 6. The van der Waals surface area contributed by atoms with Crippen LogP contribution in [0, 0.1) is 0 Å². The fraction of sp³-hybridized carbons (Fsp3) is 0.667. The SMILES string of the molecule is FC(F)(F)n1nnc(C(Cl)(Cl)Cl)n1. The molecule has 0 amide bonds. The first-order valence-electron chi connectivity index (χ1n) is 2.65. The van der Waals surface area contributed by atoms with E-state index in [4.69, 9.17) is 34.8 Å². The van der Waals surface area contributed by atoms with E-state index in [2.05, 4.69) is 15.4 Å². The number of nitrogens with zero attached hydrogens (tertiary/aromatic N) is 4. The minimum Gasteiger partial charge on any atom is -0.147 e. The van der Waals surface area contributed by atoms with Gasteiger partial charge in [0, 0.05) is 0 Å². The third-order valence-electron chi connectivity index (χ3n) is 0.894. The number of tetrazole rings is 1. The Morgan fingerprint density at radius 1 is 1.15 bits per heavy atom. The summed E-state index contributed by atoms with van der Waals surface area (Å²) >= 11 is 15.6. The number of aromatic nitrogens is 4. The maximum Gasteiger partial charge on any atom is 0.522 e. The monoisotopic (exact) mass is 254 g/mol. The molecule has 0 fully saturated rings. The molecule has 10 heteroatoms. The van der Waals surface area contributed by atoms with Gasteiger partial charge in [0.2, 0.25) is 5.82 Å². The molecule has 0 saturated carbocycles. The number of halogens is 6. The Bertz CT molecular complexity index is 273. The molecule has 0 radical (unpaired) electrons. The van der Waals surface area contributed by atoms with Crippen LogP contribution < -0.4 is 0 Å². The first-order chi connectivity index (χ1) is 5.71. The summed E-state index contributed by atoms with van der Waals surface area (Å²) in [6.07, 6.45) is -4.76. The van der Waals surface area contributed by atoms with Crippen molar-refractivity contribution in [3.8, 4) is 0 Å². The number of hydrogen-bond acceptors (Lipinski definition) is 3. The zero-order valence-corrected chi connectivity index (χ0v) is 7.82. The van der Waals surface area contributed by atoms with Gasteiger partial charge in [-0.25, -0.2) is 0 Å². The topological polar surface area (TPSA) is 43.6 Å². The van der Waals surface area contributed by atoms with E-state index in [1.165, 1.54) is 0 Å². The van der Waals surface area contributed by atoms with Crippen LogP contribution in [0.1, 0.15) is 5.82 Å². The second-order valence-corrected chi connectivity index (χ2v) is 4.15. The van der Waals surface area contributed by atoms with Crippen LogP contribution in [0.15, 0.2) is 0 Å². The molecule has 0 unspecified atom stereocenters. The second kappa shape index (κ2) is 3.14. The van der Waals surface area contributed by atoms with Gasteiger partial charge in [-0.3, -0.25) is 0 Å². The molecule has 1 heterocycles. The summed E-state index contributed by atoms with van der Waals surface area (Å²) in [5, 5.41) is 8.40. The van der Waals surface area contributed by atoms with Gasteiger partial charge >= 0.3 is 6.30 Å². The summed E-state index contributed by atoms with van der Waals surface area (Å²) in [4.78, 5) is -0.593. The standard InChI is InChI=1S/C3Cl3F3N4/c4-2(5,6)1-10-12-13(11-1)3(7,8)9. The van der Waals surface area contributed by atoms with Crippen LogP contribution in [-0.4, -0.2) is 20.2 Å². The van der Waals surface area contributed by atoms with Gasteiger partial charge in [-0.15, -0.1) is 23.4 Å². The van der Waals surface area contributed by atoms with Crippen molar-refractivity contribution in [3.63, 3.8) is 0 Å². The summed E-state index contributed by atoms with van der Waals surface area (Å²) in [6, 6.07) is 0. The van der Waals surface area contributed by atoms with E-state index < -0.39 is 20.7 Å². The maximum absolute atomic E-state index is 11.9. The lowest BCUT2D eigenvalue weighted by atomic mass is 10.7. The van der Waals surface area contributed by atoms with Crippen LogP contribution >= 0.6 is 34.8 Å². The first-order valence-corrected chi connectivity index (χ1v) is 3.79. The summed E-state index contributed by atoms with van der Waals surface area (Å²) in [5.41, 5.74) is 0. The van der Waals surface area contributed by atoms with Crippen molar-refractivity contribution in [1.82, 2.24) is 20.2 Å². The molecule has 0 spiro atoms. The van der Waals surface area contributed by atoms with Crippen molar-refractivity contribution >= 4 is 34.8 Å². The van der Waals surface area contributed by atoms with Gasteiger partial charge < -0.3 is 0 Å². The Hall–Kier alpha value is -0.270. The molecule has 0 aliphatic carbocycles. The molecule has 0 atom stereocenters. The van der Waals surface area contributed by atoms with E-state index in [0.717, 1.165) is 0 Å². The van der Waals surface area contributed by atoms with Crippen LogP contribution in [0.5, 0.6) is 0 Å². The Kier molecular flexibility index (Phi) is 2.61. The highest BCUT2D eigenvalue weighted by Crippen LogP contribution is 2.35. The van der Waals surface area contributed by atoms with Crippen molar-refractivity contribution in [3.05, 3.63) is 5.82 Å². The molecular weight excluding hydrogens is 255 g/mol. The summed E-state index contributed by atoms with van der Waals surface area (Å²) in [7, 11) is 0. The van der Waals surface area contributed by atoms with E-state index in [0.29, 0.717) is 0 Å². The molecule has 0 saturated heterocycles. The summed E-state index contributed by atoms with van der Waals surface area (Å²) < 4.78 is 33.5. The average Bonchev–Trinajstić information content (AvgIpc) is 2.28. The first kappa shape index (κ1) is 10.8. The Morgan fingerprint density at radius 2 is 1.69 bits per heavy atom. The Morgan fingerprint density at radius 3 is 1.92 bits per heavy atom. The Labute approximate surface area is 84.6 Å². The van der Waals surface area contributed by atoms with Crippen LogP contribution in [-0.2, 0) is 10.1 Å². The zero-order valence-electron chi connectivity index (χ0n) is 5.56. The third kappa shape index (κ3) is 2.58. The number of hydrogen-bond donors (Lipinski definition) is 0. The minimum absolute atomic E-state index is 0.593. The largest absolute Gasteiger partial charge is 0.522 e. The van der Waals surface area contributed by atoms with Gasteiger partial charge in [-0.1, -0.05) is 39.6 Å². The third-order valence-corrected chi connectivity index (χ3v) is 1.40. The summed E-state index contributed by atoms with van der Waals surface area (Å²) in [6.45, 7) is 0. The van der Waals surface area contributed by atoms with Gasteiger partial charge in [0.05, 0.1) is 0 Å². The van der Waals surface area contributed by atoms with Crippen molar-refractivity contribution < 1.29 is 13.2 Å². The van der Waals surface area contributed by atoms with Gasteiger partial charge in [0.15, 0.2) is 0 Å². The highest BCUT2D eigenvalue weighted by atomic mass is 35.6. The predicted molar refractivity (Wildman–Crippen MR) is 38.4 cm³/mol. The maximum atomic E-state index is 11.9. The Balaban J connectivity index is 3.01. The van der Waals surface area contributed by atoms with E-state index in [1.54, 1.807) is 0 Å². The van der Waals surface area contributed by atoms with E-state index >= 15 is 0 Å². The number of rotatable bonds is 0. The molecule has 1 aromatic rings. The molecule has 0 aliphatic rings. The lowest BCUT2D eigenvalue weighted by Gasteiger charge is -2.03. The predicted octanol–water partition coefficient (Wildman–Crippen LogP) is 1.98. The van der Waals surface area contributed by atoms with Crippen molar-refractivity contribution in [2.24, 2.45) is 0 Å². The van der Waals surface area contributed by atoms with Crippen LogP contribution in [0.4, 0.5) is 13.2 Å². The molecule has 1 rings (SSSR count). The second-order valence-electron chi connectivity index (χ2n) is 1.87. The lowest BCUT2D eigenvalue weighted by molar-refractivity contribution is -0.222. The van der Waals surface area contributed by atoms with Crippen LogP contribution in [0.2, 0.25) is 0 Å². The lowest BCUT2D eigenvalue weighted by Crippen LogP contribution is -2.20. The van der Waals surface area contributed by atoms with E-state index in [9.17, 15) is 13.2 Å². The van der Waals surface area contributed by atoms with Gasteiger partial charge in [-0.05, 0) is 5.21 Å². The van der Waals surface area contributed by atoms with E-state index in [1.807, 2.05) is 0 Å². The van der Waals surface area contributed by atoms with Crippen molar-refractivity contribution in [2.75, 3.05) is 0 Å². The molecule has 0 N–H and O–H groups in total. The van der Waals surface area contributed by atoms with Crippen molar-refractivity contribution in [2.45, 2.75) is 10.1 Å². The molecule has 0 aliphatic heterocycles. The smallest absolute Gasteiger partial charge is 0.147 e. The molecular formula is C3Cl3F3N4. The quantitative estimate of drug-likeness (QED) is 0.666.